The van der Waals surface area contributed by atoms with Gasteiger partial charge < -0.3 is 20.1 Å². The first kappa shape index (κ1) is 27.7. The van der Waals surface area contributed by atoms with Crippen LogP contribution in [0.4, 0.5) is 11.8 Å². The zero-order chi connectivity index (χ0) is 25.9. The number of rotatable bonds is 6. The van der Waals surface area contributed by atoms with E-state index in [4.69, 9.17) is 4.98 Å². The highest BCUT2D eigenvalue weighted by Crippen LogP contribution is 2.34. The lowest BCUT2D eigenvalue weighted by atomic mass is 10.2. The summed E-state index contributed by atoms with van der Waals surface area (Å²) in [6, 6.07) is 6.29. The molecule has 2 fully saturated rings. The number of pyridine rings is 1. The summed E-state index contributed by atoms with van der Waals surface area (Å²) in [5.41, 5.74) is 2.69. The third-order valence-corrected chi connectivity index (χ3v) is 6.10. The Balaban J connectivity index is 0.000000550. The van der Waals surface area contributed by atoms with Gasteiger partial charge in [-0.2, -0.15) is 4.98 Å². The van der Waals surface area contributed by atoms with Crippen molar-refractivity contribution >= 4 is 29.1 Å². The average molecular weight is 495 g/mol. The molecule has 1 saturated heterocycles. The van der Waals surface area contributed by atoms with Crippen LogP contribution in [0, 0.1) is 0 Å². The molecular formula is C27H42N8O. The molecule has 1 aliphatic carbocycles. The van der Waals surface area contributed by atoms with Gasteiger partial charge in [0, 0.05) is 56.5 Å². The van der Waals surface area contributed by atoms with E-state index in [1.54, 1.807) is 6.20 Å². The van der Waals surface area contributed by atoms with Gasteiger partial charge in [-0.05, 0) is 51.7 Å². The minimum atomic E-state index is 0.341. The summed E-state index contributed by atoms with van der Waals surface area (Å²) >= 11 is 0. The van der Waals surface area contributed by atoms with Gasteiger partial charge in [0.05, 0.1) is 5.69 Å². The maximum Gasteiger partial charge on any atom is 0.230 e. The number of aldehydes is 1. The third kappa shape index (κ3) is 7.56. The molecule has 0 bridgehead atoms. The number of nitrogens with zero attached hydrogens (tertiary/aromatic N) is 6. The molecule has 196 valence electrons. The van der Waals surface area contributed by atoms with Crippen molar-refractivity contribution in [1.29, 1.82) is 0 Å². The molecule has 0 atom stereocenters. The Morgan fingerprint density at radius 3 is 2.39 bits per heavy atom. The monoisotopic (exact) mass is 494 g/mol. The van der Waals surface area contributed by atoms with Crippen LogP contribution in [0.3, 0.4) is 0 Å². The first-order chi connectivity index (χ1) is 17.5. The van der Waals surface area contributed by atoms with Crippen LogP contribution < -0.4 is 10.6 Å². The fourth-order valence-corrected chi connectivity index (χ4v) is 4.56. The molecule has 0 amide bonds. The first-order valence-electron chi connectivity index (χ1n) is 13.1. The van der Waals surface area contributed by atoms with Crippen LogP contribution in [0.5, 0.6) is 0 Å². The van der Waals surface area contributed by atoms with Gasteiger partial charge in [-0.25, -0.2) is 9.97 Å². The number of aromatic nitrogens is 4. The lowest BCUT2D eigenvalue weighted by Gasteiger charge is -2.27. The van der Waals surface area contributed by atoms with Crippen molar-refractivity contribution in [1.82, 2.24) is 34.6 Å². The second-order valence-electron chi connectivity index (χ2n) is 9.51. The average Bonchev–Trinajstić information content (AvgIpc) is 3.54. The first-order valence-corrected chi connectivity index (χ1v) is 13.1. The Bertz CT molecular complexity index is 1060. The number of hydrogen-bond acceptors (Lipinski definition) is 8. The molecule has 4 heterocycles. The molecular weight excluding hydrogens is 452 g/mol. The minimum Gasteiger partial charge on any atom is -0.320 e. The smallest absolute Gasteiger partial charge is 0.230 e. The highest BCUT2D eigenvalue weighted by atomic mass is 16.1. The number of piperazine rings is 1. The molecule has 0 spiro atoms. The van der Waals surface area contributed by atoms with Gasteiger partial charge in [-0.15, -0.1) is 0 Å². The third-order valence-electron chi connectivity index (χ3n) is 6.10. The van der Waals surface area contributed by atoms with E-state index in [0.717, 1.165) is 62.9 Å². The van der Waals surface area contributed by atoms with E-state index in [2.05, 4.69) is 36.1 Å². The van der Waals surface area contributed by atoms with Crippen LogP contribution in [0.1, 0.15) is 61.6 Å². The molecule has 0 unspecified atom stereocenters. The van der Waals surface area contributed by atoms with Crippen molar-refractivity contribution in [3.8, 4) is 0 Å². The number of carbonyl (C=O) groups excluding carboxylic acids is 1. The summed E-state index contributed by atoms with van der Waals surface area (Å²) in [5.74, 6) is 1.22. The largest absolute Gasteiger partial charge is 0.320 e. The number of carbonyl (C=O) groups is 1. The summed E-state index contributed by atoms with van der Waals surface area (Å²) in [4.78, 5) is 29.7. The second kappa shape index (κ2) is 14.0. The second-order valence-corrected chi connectivity index (χ2v) is 9.51. The highest BCUT2D eigenvalue weighted by Gasteiger charge is 2.22. The minimum absolute atomic E-state index is 0.341. The molecule has 3 aromatic heterocycles. The zero-order valence-corrected chi connectivity index (χ0v) is 22.5. The fraction of sp³-hybridized carbons (Fsp3) is 0.556. The van der Waals surface area contributed by atoms with Gasteiger partial charge >= 0.3 is 0 Å². The van der Waals surface area contributed by atoms with Crippen LogP contribution in [-0.4, -0.2) is 82.9 Å². The van der Waals surface area contributed by atoms with E-state index in [9.17, 15) is 4.79 Å². The molecule has 0 radical (unpaired) electrons. The molecule has 36 heavy (non-hydrogen) atoms. The Kier molecular flexibility index (Phi) is 10.8. The van der Waals surface area contributed by atoms with Crippen molar-refractivity contribution < 1.29 is 4.79 Å². The number of anilines is 2. The number of fused-ring (bicyclic) bond motifs is 1. The zero-order valence-electron chi connectivity index (χ0n) is 22.5. The lowest BCUT2D eigenvalue weighted by molar-refractivity contribution is 0.111. The molecule has 9 nitrogen and oxygen atoms in total. The Morgan fingerprint density at radius 2 is 1.78 bits per heavy atom. The highest BCUT2D eigenvalue weighted by molar-refractivity contribution is 5.87. The van der Waals surface area contributed by atoms with Gasteiger partial charge in [0.25, 0.3) is 0 Å². The molecule has 9 heteroatoms. The molecule has 2 N–H and O–H groups in total. The van der Waals surface area contributed by atoms with Crippen LogP contribution in [0.2, 0.25) is 0 Å². The van der Waals surface area contributed by atoms with Gasteiger partial charge in [0.1, 0.15) is 11.5 Å². The Labute approximate surface area is 215 Å². The molecule has 1 saturated carbocycles. The van der Waals surface area contributed by atoms with Crippen LogP contribution in [0.25, 0.3) is 11.0 Å². The van der Waals surface area contributed by atoms with Crippen LogP contribution in [0.15, 0.2) is 30.6 Å². The Morgan fingerprint density at radius 1 is 1.08 bits per heavy atom. The lowest BCUT2D eigenvalue weighted by Crippen LogP contribution is -2.42. The predicted molar refractivity (Wildman–Crippen MR) is 147 cm³/mol. The van der Waals surface area contributed by atoms with E-state index in [1.807, 2.05) is 58.2 Å². The van der Waals surface area contributed by atoms with E-state index < -0.39 is 0 Å². The van der Waals surface area contributed by atoms with E-state index >= 15 is 0 Å². The standard InChI is InChI=1S/C22H27N7O.C3H9N.C2H6/c30-15-19-11-17-13-25-22(27-21(17)29(19)18-3-1-2-4-18)26-20-6-5-16(12-24-20)14-28-9-7-23-8-10-28;1-4(2)3;1-2/h5-6,11-13,15,18,23H,1-4,7-10,14H2,(H,24,25,26,27);1-3H3;1-2H3. The van der Waals surface area contributed by atoms with E-state index in [1.165, 1.54) is 18.4 Å². The Hall–Kier alpha value is -2.88. The topological polar surface area (TPSA) is 91.2 Å². The van der Waals surface area contributed by atoms with Crippen molar-refractivity contribution in [2.45, 2.75) is 52.1 Å². The SMILES string of the molecule is CC.CN(C)C.O=Cc1cc2cnc(Nc3ccc(CN4CCNCC4)cn3)nc2n1C1CCCC1. The maximum atomic E-state index is 11.6. The molecule has 1 aliphatic heterocycles. The van der Waals surface area contributed by atoms with Crippen LogP contribution >= 0.6 is 0 Å². The van der Waals surface area contributed by atoms with Gasteiger partial charge in [-0.1, -0.05) is 32.8 Å². The van der Waals surface area contributed by atoms with E-state index in [0.29, 0.717) is 23.5 Å². The van der Waals surface area contributed by atoms with Crippen LogP contribution in [-0.2, 0) is 6.54 Å². The van der Waals surface area contributed by atoms with Crippen molar-refractivity contribution in [3.63, 3.8) is 0 Å². The summed E-state index contributed by atoms with van der Waals surface area (Å²) in [5, 5.41) is 7.48. The molecule has 3 aromatic rings. The van der Waals surface area contributed by atoms with Gasteiger partial charge in [0.2, 0.25) is 5.95 Å². The molecule has 0 aromatic carbocycles. The van der Waals surface area contributed by atoms with Gasteiger partial charge in [-0.3, -0.25) is 9.69 Å². The van der Waals surface area contributed by atoms with Crippen molar-refractivity contribution in [2.75, 3.05) is 52.6 Å². The van der Waals surface area contributed by atoms with E-state index in [-0.39, 0.29) is 0 Å². The maximum absolute atomic E-state index is 11.6. The quantitative estimate of drug-likeness (QED) is 0.495. The van der Waals surface area contributed by atoms with Crippen molar-refractivity contribution in [2.24, 2.45) is 0 Å². The summed E-state index contributed by atoms with van der Waals surface area (Å²) in [7, 11) is 6.00. The summed E-state index contributed by atoms with van der Waals surface area (Å²) in [6.45, 7) is 9.14. The predicted octanol–water partition coefficient (Wildman–Crippen LogP) is 4.11. The molecule has 5 rings (SSSR count). The number of nitrogens with one attached hydrogen (secondary N) is 2. The van der Waals surface area contributed by atoms with Gasteiger partial charge in [0.15, 0.2) is 6.29 Å². The van der Waals surface area contributed by atoms with Crippen molar-refractivity contribution in [3.05, 3.63) is 41.9 Å². The normalized spacial score (nSPS) is 16.3. The number of hydrogen-bond donors (Lipinski definition) is 2. The fourth-order valence-electron chi connectivity index (χ4n) is 4.56. The molecule has 2 aliphatic rings. The summed E-state index contributed by atoms with van der Waals surface area (Å²) < 4.78 is 2.09. The summed E-state index contributed by atoms with van der Waals surface area (Å²) in [6.07, 6.45) is 9.19.